The Morgan fingerprint density at radius 2 is 2.00 bits per heavy atom. The van der Waals surface area contributed by atoms with Crippen molar-refractivity contribution in [1.82, 2.24) is 4.57 Å². The second-order valence-corrected chi connectivity index (χ2v) is 4.52. The van der Waals surface area contributed by atoms with E-state index in [1.165, 1.54) is 16.7 Å². The predicted octanol–water partition coefficient (Wildman–Crippen LogP) is 3.79. The summed E-state index contributed by atoms with van der Waals surface area (Å²) in [6, 6.07) is 5.57. The molecular formula is C14H12ClF2NO. The monoisotopic (exact) mass is 283 g/mol. The number of ketones is 1. The molecule has 0 saturated heterocycles. The minimum Gasteiger partial charge on any atom is -0.315 e. The molecule has 0 radical (unpaired) electrons. The Hall–Kier alpha value is -1.68. The van der Waals surface area contributed by atoms with Gasteiger partial charge >= 0.3 is 0 Å². The van der Waals surface area contributed by atoms with Crippen LogP contribution >= 0.6 is 11.6 Å². The zero-order valence-corrected chi connectivity index (χ0v) is 11.3. The average Bonchev–Trinajstić information content (AvgIpc) is 2.68. The number of nitrogens with zero attached hydrogens (tertiary/aromatic N) is 1. The third-order valence-electron chi connectivity index (χ3n) is 3.03. The molecule has 0 saturated carbocycles. The zero-order valence-electron chi connectivity index (χ0n) is 10.5. The fraction of sp³-hybridized carbons (Fsp3) is 0.214. The molecule has 2 rings (SSSR count). The van der Waals surface area contributed by atoms with Crippen LogP contribution in [0.1, 0.15) is 21.7 Å². The van der Waals surface area contributed by atoms with Crippen LogP contribution in [0.25, 0.3) is 5.69 Å². The predicted molar refractivity (Wildman–Crippen MR) is 70.2 cm³/mol. The van der Waals surface area contributed by atoms with Gasteiger partial charge in [-0.3, -0.25) is 4.79 Å². The third-order valence-corrected chi connectivity index (χ3v) is 3.27. The Bertz CT molecular complexity index is 649. The Morgan fingerprint density at radius 3 is 2.63 bits per heavy atom. The highest BCUT2D eigenvalue weighted by molar-refractivity contribution is 6.30. The quantitative estimate of drug-likeness (QED) is 0.620. The van der Waals surface area contributed by atoms with E-state index in [0.29, 0.717) is 17.0 Å². The van der Waals surface area contributed by atoms with Crippen molar-refractivity contribution < 1.29 is 13.6 Å². The van der Waals surface area contributed by atoms with Crippen molar-refractivity contribution in [3.63, 3.8) is 0 Å². The molecule has 5 heteroatoms. The van der Waals surface area contributed by atoms with E-state index in [-0.39, 0.29) is 17.4 Å². The zero-order chi connectivity index (χ0) is 14.2. The number of aromatic nitrogens is 1. The first kappa shape index (κ1) is 13.7. The maximum absolute atomic E-state index is 13.8. The first-order valence-electron chi connectivity index (χ1n) is 5.70. The van der Waals surface area contributed by atoms with Crippen LogP contribution in [0.4, 0.5) is 8.78 Å². The standard InChI is InChI=1S/C14H12ClF2NO/c1-8-6-10(13(19)7-15)9(2)18(8)12-5-3-4-11(16)14(12)17/h3-6H,7H2,1-2H3. The second kappa shape index (κ2) is 5.13. The Balaban J connectivity index is 2.67. The van der Waals surface area contributed by atoms with Crippen molar-refractivity contribution in [2.45, 2.75) is 13.8 Å². The van der Waals surface area contributed by atoms with Gasteiger partial charge in [0, 0.05) is 17.0 Å². The summed E-state index contributed by atoms with van der Waals surface area (Å²) in [6.07, 6.45) is 0. The molecule has 0 amide bonds. The number of aryl methyl sites for hydroxylation is 1. The summed E-state index contributed by atoms with van der Waals surface area (Å²) >= 11 is 5.53. The van der Waals surface area contributed by atoms with Crippen LogP contribution in [-0.2, 0) is 0 Å². The molecule has 2 aromatic rings. The maximum Gasteiger partial charge on any atom is 0.182 e. The molecule has 0 atom stereocenters. The van der Waals surface area contributed by atoms with E-state index in [1.54, 1.807) is 19.9 Å². The highest BCUT2D eigenvalue weighted by Gasteiger charge is 2.18. The molecule has 0 unspecified atom stereocenters. The summed E-state index contributed by atoms with van der Waals surface area (Å²) in [4.78, 5) is 11.7. The van der Waals surface area contributed by atoms with Gasteiger partial charge in [-0.1, -0.05) is 6.07 Å². The summed E-state index contributed by atoms with van der Waals surface area (Å²) < 4.78 is 28.6. The summed E-state index contributed by atoms with van der Waals surface area (Å²) in [7, 11) is 0. The van der Waals surface area contributed by atoms with Crippen LogP contribution in [0.2, 0.25) is 0 Å². The first-order valence-corrected chi connectivity index (χ1v) is 6.23. The molecule has 100 valence electrons. The second-order valence-electron chi connectivity index (χ2n) is 4.25. The van der Waals surface area contributed by atoms with Crippen LogP contribution in [0, 0.1) is 25.5 Å². The van der Waals surface area contributed by atoms with Gasteiger partial charge in [0.1, 0.15) is 0 Å². The largest absolute Gasteiger partial charge is 0.315 e. The summed E-state index contributed by atoms with van der Waals surface area (Å²) in [6.45, 7) is 3.40. The van der Waals surface area contributed by atoms with Crippen molar-refractivity contribution in [3.05, 3.63) is 52.9 Å². The van der Waals surface area contributed by atoms with Gasteiger partial charge in [0.25, 0.3) is 0 Å². The van der Waals surface area contributed by atoms with E-state index in [1.807, 2.05) is 0 Å². The number of Topliss-reactive ketones (excluding diaryl/α,β-unsaturated/α-hetero) is 1. The number of halogens is 3. The maximum atomic E-state index is 13.8. The van der Waals surface area contributed by atoms with E-state index in [0.717, 1.165) is 6.07 Å². The van der Waals surface area contributed by atoms with Crippen LogP contribution in [-0.4, -0.2) is 16.2 Å². The van der Waals surface area contributed by atoms with Gasteiger partial charge in [-0.05, 0) is 32.0 Å². The van der Waals surface area contributed by atoms with Crippen molar-refractivity contribution >= 4 is 17.4 Å². The number of hydrogen-bond acceptors (Lipinski definition) is 1. The van der Waals surface area contributed by atoms with E-state index >= 15 is 0 Å². The van der Waals surface area contributed by atoms with Crippen molar-refractivity contribution in [3.8, 4) is 5.69 Å². The van der Waals surface area contributed by atoms with Crippen LogP contribution < -0.4 is 0 Å². The molecule has 0 bridgehead atoms. The lowest BCUT2D eigenvalue weighted by Gasteiger charge is -2.11. The van der Waals surface area contributed by atoms with Gasteiger partial charge in [0.05, 0.1) is 11.6 Å². The Morgan fingerprint density at radius 1 is 1.32 bits per heavy atom. The minimum absolute atomic E-state index is 0.0867. The molecule has 19 heavy (non-hydrogen) atoms. The van der Waals surface area contributed by atoms with Gasteiger partial charge in [0.2, 0.25) is 0 Å². The van der Waals surface area contributed by atoms with Crippen molar-refractivity contribution in [2.24, 2.45) is 0 Å². The molecule has 1 aromatic carbocycles. The lowest BCUT2D eigenvalue weighted by atomic mass is 10.2. The molecule has 0 spiro atoms. The number of hydrogen-bond donors (Lipinski definition) is 0. The molecule has 0 aliphatic rings. The molecule has 0 fully saturated rings. The molecule has 1 heterocycles. The smallest absolute Gasteiger partial charge is 0.182 e. The summed E-state index contributed by atoms with van der Waals surface area (Å²) in [5.41, 5.74) is 1.71. The normalized spacial score (nSPS) is 10.8. The number of carbonyl (C=O) groups is 1. The first-order chi connectivity index (χ1) is 8.97. The fourth-order valence-corrected chi connectivity index (χ4v) is 2.30. The van der Waals surface area contributed by atoms with Crippen molar-refractivity contribution in [2.75, 3.05) is 5.88 Å². The molecular weight excluding hydrogens is 272 g/mol. The average molecular weight is 284 g/mol. The fourth-order valence-electron chi connectivity index (χ4n) is 2.15. The third kappa shape index (κ3) is 2.28. The highest BCUT2D eigenvalue weighted by Crippen LogP contribution is 2.24. The van der Waals surface area contributed by atoms with Crippen LogP contribution in [0.5, 0.6) is 0 Å². The van der Waals surface area contributed by atoms with Crippen molar-refractivity contribution in [1.29, 1.82) is 0 Å². The van der Waals surface area contributed by atoms with E-state index in [2.05, 4.69) is 0 Å². The summed E-state index contributed by atoms with van der Waals surface area (Å²) in [5.74, 6) is -2.24. The lowest BCUT2D eigenvalue weighted by Crippen LogP contribution is -2.06. The number of alkyl halides is 1. The van der Waals surface area contributed by atoms with E-state index < -0.39 is 11.6 Å². The van der Waals surface area contributed by atoms with Gasteiger partial charge in [-0.2, -0.15) is 0 Å². The van der Waals surface area contributed by atoms with E-state index in [4.69, 9.17) is 11.6 Å². The molecule has 0 aliphatic heterocycles. The number of carbonyl (C=O) groups excluding carboxylic acids is 1. The van der Waals surface area contributed by atoms with Crippen LogP contribution in [0.3, 0.4) is 0 Å². The lowest BCUT2D eigenvalue weighted by molar-refractivity contribution is 0.102. The molecule has 1 aromatic heterocycles. The SMILES string of the molecule is Cc1cc(C(=O)CCl)c(C)n1-c1cccc(F)c1F. The van der Waals surface area contributed by atoms with Gasteiger partial charge in [-0.25, -0.2) is 8.78 Å². The topological polar surface area (TPSA) is 22.0 Å². The van der Waals surface area contributed by atoms with Gasteiger partial charge in [0.15, 0.2) is 17.4 Å². The number of rotatable bonds is 3. The van der Waals surface area contributed by atoms with Gasteiger partial charge in [-0.15, -0.1) is 11.6 Å². The van der Waals surface area contributed by atoms with E-state index in [9.17, 15) is 13.6 Å². The molecule has 2 nitrogen and oxygen atoms in total. The Labute approximate surface area is 114 Å². The highest BCUT2D eigenvalue weighted by atomic mass is 35.5. The molecule has 0 N–H and O–H groups in total. The molecule has 0 aliphatic carbocycles. The number of benzene rings is 1. The van der Waals surface area contributed by atoms with Crippen LogP contribution in [0.15, 0.2) is 24.3 Å². The Kier molecular flexibility index (Phi) is 3.71. The van der Waals surface area contributed by atoms with Gasteiger partial charge < -0.3 is 4.57 Å². The summed E-state index contributed by atoms with van der Waals surface area (Å²) in [5, 5.41) is 0. The minimum atomic E-state index is -0.936.